The smallest absolute Gasteiger partial charge is 0.307 e. The van der Waals surface area contributed by atoms with Crippen molar-refractivity contribution in [2.75, 3.05) is 0 Å². The molecule has 0 amide bonds. The fraction of sp³-hybridized carbons (Fsp3) is 0.889. The van der Waals surface area contributed by atoms with Crippen LogP contribution >= 0.6 is 0 Å². The predicted molar refractivity (Wildman–Crippen MR) is 130 cm³/mol. The molecule has 0 saturated carbocycles. The minimum atomic E-state index is -0.889. The molecule has 0 heterocycles. The fourth-order valence-electron chi connectivity index (χ4n) is 4.05. The quantitative estimate of drug-likeness (QED) is 0.120. The van der Waals surface area contributed by atoms with E-state index in [0.717, 1.165) is 12.8 Å². The first-order valence-electron chi connectivity index (χ1n) is 13.3. The lowest BCUT2D eigenvalue weighted by Gasteiger charge is -2.04. The molecule has 0 bridgehead atoms. The maximum absolute atomic E-state index is 10.4. The van der Waals surface area contributed by atoms with E-state index in [1.807, 2.05) is 0 Å². The van der Waals surface area contributed by atoms with Crippen LogP contribution in [0.5, 0.6) is 0 Å². The molecule has 178 valence electrons. The highest BCUT2D eigenvalue weighted by molar-refractivity contribution is 5.68. The molecule has 0 saturated heterocycles. The molecule has 0 atom stereocenters. The molecule has 0 aromatic carbocycles. The van der Waals surface area contributed by atoms with Gasteiger partial charge < -0.3 is 10.2 Å². The Morgan fingerprint density at radius 2 is 0.833 bits per heavy atom. The molecule has 2 N–H and O–H groups in total. The second-order valence-electron chi connectivity index (χ2n) is 9.11. The number of aliphatic carboxylic acids is 1. The summed E-state index contributed by atoms with van der Waals surface area (Å²) < 4.78 is 0. The normalized spacial score (nSPS) is 11.8. The number of rotatable bonds is 24. The third kappa shape index (κ3) is 25.0. The van der Waals surface area contributed by atoms with Crippen molar-refractivity contribution in [3.05, 3.63) is 11.8 Å². The lowest BCUT2D eigenvalue weighted by Crippen LogP contribution is -1.92. The van der Waals surface area contributed by atoms with Crippen molar-refractivity contribution in [2.24, 2.45) is 0 Å². The van der Waals surface area contributed by atoms with E-state index in [-0.39, 0.29) is 12.2 Å². The van der Waals surface area contributed by atoms with Gasteiger partial charge in [-0.05, 0) is 12.5 Å². The molecule has 0 rings (SSSR count). The molecule has 3 nitrogen and oxygen atoms in total. The minimum absolute atomic E-state index is 0.0783. The van der Waals surface area contributed by atoms with E-state index in [1.54, 1.807) is 0 Å². The van der Waals surface area contributed by atoms with Crippen LogP contribution in [0.1, 0.15) is 155 Å². The standard InChI is InChI=1S/C27H52O3/c1-2-3-4-5-6-7-8-9-10-11-12-13-14-15-16-17-18-19-20-21-22-23-26(28)24-25-27(29)30/h24,28H,2-23,25H2,1H3,(H,29,30). The van der Waals surface area contributed by atoms with Crippen LogP contribution in [0.25, 0.3) is 0 Å². The minimum Gasteiger partial charge on any atom is -0.513 e. The molecule has 30 heavy (non-hydrogen) atoms. The Balaban J connectivity index is 3.11. The molecule has 0 aliphatic heterocycles. The topological polar surface area (TPSA) is 57.5 Å². The molecular formula is C27H52O3. The van der Waals surface area contributed by atoms with Crippen LogP contribution in [-0.4, -0.2) is 16.2 Å². The van der Waals surface area contributed by atoms with Crippen LogP contribution in [0.2, 0.25) is 0 Å². The van der Waals surface area contributed by atoms with Crippen molar-refractivity contribution < 1.29 is 15.0 Å². The van der Waals surface area contributed by atoms with Crippen LogP contribution < -0.4 is 0 Å². The highest BCUT2D eigenvalue weighted by Crippen LogP contribution is 2.15. The molecule has 0 aliphatic carbocycles. The van der Waals surface area contributed by atoms with Crippen molar-refractivity contribution in [1.82, 2.24) is 0 Å². The van der Waals surface area contributed by atoms with E-state index in [1.165, 1.54) is 128 Å². The highest BCUT2D eigenvalue weighted by atomic mass is 16.4. The lowest BCUT2D eigenvalue weighted by atomic mass is 10.0. The van der Waals surface area contributed by atoms with Gasteiger partial charge in [0.1, 0.15) is 0 Å². The van der Waals surface area contributed by atoms with Crippen molar-refractivity contribution in [2.45, 2.75) is 155 Å². The van der Waals surface area contributed by atoms with Gasteiger partial charge in [-0.3, -0.25) is 4.79 Å². The van der Waals surface area contributed by atoms with Gasteiger partial charge in [0.05, 0.1) is 12.2 Å². The Labute approximate surface area is 187 Å². The zero-order valence-electron chi connectivity index (χ0n) is 20.1. The van der Waals surface area contributed by atoms with E-state index in [2.05, 4.69) is 6.92 Å². The molecule has 0 spiro atoms. The average Bonchev–Trinajstić information content (AvgIpc) is 2.73. The van der Waals surface area contributed by atoms with E-state index in [4.69, 9.17) is 5.11 Å². The summed E-state index contributed by atoms with van der Waals surface area (Å²) in [4.78, 5) is 10.4. The predicted octanol–water partition coefficient (Wildman–Crippen LogP) is 9.51. The van der Waals surface area contributed by atoms with Gasteiger partial charge in [0.25, 0.3) is 0 Å². The second kappa shape index (κ2) is 24.3. The number of aliphatic hydroxyl groups is 1. The summed E-state index contributed by atoms with van der Waals surface area (Å²) in [5.41, 5.74) is 0. The Kier molecular flexibility index (Phi) is 23.5. The molecule has 0 aromatic heterocycles. The summed E-state index contributed by atoms with van der Waals surface area (Å²) in [5, 5.41) is 18.1. The van der Waals surface area contributed by atoms with Gasteiger partial charge in [-0.1, -0.05) is 135 Å². The number of allylic oxidation sites excluding steroid dienone is 1. The summed E-state index contributed by atoms with van der Waals surface area (Å²) in [5.74, 6) is -0.657. The van der Waals surface area contributed by atoms with Gasteiger partial charge in [0.2, 0.25) is 0 Å². The lowest BCUT2D eigenvalue weighted by molar-refractivity contribution is -0.136. The molecule has 0 aromatic rings. The highest BCUT2D eigenvalue weighted by Gasteiger charge is 1.98. The first-order chi connectivity index (χ1) is 14.7. The second-order valence-corrected chi connectivity index (χ2v) is 9.11. The summed E-state index contributed by atoms with van der Waals surface area (Å²) in [7, 11) is 0. The fourth-order valence-corrected chi connectivity index (χ4v) is 4.05. The summed E-state index contributed by atoms with van der Waals surface area (Å²) in [6.45, 7) is 2.29. The van der Waals surface area contributed by atoms with Crippen LogP contribution in [-0.2, 0) is 4.79 Å². The first kappa shape index (κ1) is 29.0. The summed E-state index contributed by atoms with van der Waals surface area (Å²) >= 11 is 0. The third-order valence-electron chi connectivity index (χ3n) is 6.05. The number of carboxylic acids is 1. The van der Waals surface area contributed by atoms with Gasteiger partial charge in [0.15, 0.2) is 0 Å². The third-order valence-corrected chi connectivity index (χ3v) is 6.05. The average molecular weight is 425 g/mol. The zero-order chi connectivity index (χ0) is 22.1. The molecule has 3 heteroatoms. The Morgan fingerprint density at radius 1 is 0.533 bits per heavy atom. The zero-order valence-corrected chi connectivity index (χ0v) is 20.1. The molecule has 0 radical (unpaired) electrons. The molecule has 0 fully saturated rings. The summed E-state index contributed by atoms with van der Waals surface area (Å²) in [6, 6.07) is 0. The van der Waals surface area contributed by atoms with Crippen LogP contribution in [0.3, 0.4) is 0 Å². The number of hydrogen-bond donors (Lipinski definition) is 2. The SMILES string of the molecule is CCCCCCCCCCCCCCCCCCCCCCCC(O)=CCC(=O)O. The largest absolute Gasteiger partial charge is 0.513 e. The maximum Gasteiger partial charge on any atom is 0.307 e. The van der Waals surface area contributed by atoms with Gasteiger partial charge in [0, 0.05) is 6.42 Å². The number of unbranched alkanes of at least 4 members (excludes halogenated alkanes) is 20. The van der Waals surface area contributed by atoms with Crippen molar-refractivity contribution in [3.63, 3.8) is 0 Å². The Hall–Kier alpha value is -0.990. The van der Waals surface area contributed by atoms with Gasteiger partial charge in [-0.2, -0.15) is 0 Å². The van der Waals surface area contributed by atoms with Crippen LogP contribution in [0.4, 0.5) is 0 Å². The van der Waals surface area contributed by atoms with Crippen LogP contribution in [0.15, 0.2) is 11.8 Å². The van der Waals surface area contributed by atoms with Crippen molar-refractivity contribution in [3.8, 4) is 0 Å². The van der Waals surface area contributed by atoms with Gasteiger partial charge >= 0.3 is 5.97 Å². The Bertz CT molecular complexity index is 390. The maximum atomic E-state index is 10.4. The van der Waals surface area contributed by atoms with E-state index in [9.17, 15) is 9.90 Å². The van der Waals surface area contributed by atoms with E-state index >= 15 is 0 Å². The number of carbonyl (C=O) groups is 1. The van der Waals surface area contributed by atoms with Crippen molar-refractivity contribution >= 4 is 5.97 Å². The first-order valence-corrected chi connectivity index (χ1v) is 13.3. The number of carboxylic acid groups (broad SMARTS) is 1. The van der Waals surface area contributed by atoms with Gasteiger partial charge in [-0.15, -0.1) is 0 Å². The number of hydrogen-bond acceptors (Lipinski definition) is 2. The van der Waals surface area contributed by atoms with E-state index < -0.39 is 5.97 Å². The van der Waals surface area contributed by atoms with Crippen LogP contribution in [0, 0.1) is 0 Å². The monoisotopic (exact) mass is 424 g/mol. The van der Waals surface area contributed by atoms with E-state index in [0.29, 0.717) is 6.42 Å². The number of aliphatic hydroxyl groups excluding tert-OH is 1. The molecule has 0 aliphatic rings. The molecule has 0 unspecified atom stereocenters. The van der Waals surface area contributed by atoms with Crippen molar-refractivity contribution in [1.29, 1.82) is 0 Å². The Morgan fingerprint density at radius 3 is 1.13 bits per heavy atom. The van der Waals surface area contributed by atoms with Gasteiger partial charge in [-0.25, -0.2) is 0 Å². The summed E-state index contributed by atoms with van der Waals surface area (Å²) in [6.07, 6.45) is 30.7. The molecular weight excluding hydrogens is 372 g/mol.